The number of azide groups is 1. The van der Waals surface area contributed by atoms with E-state index in [0.29, 0.717) is 13.0 Å². The zero-order chi connectivity index (χ0) is 10.6. The lowest BCUT2D eigenvalue weighted by atomic mass is 10.2. The summed E-state index contributed by atoms with van der Waals surface area (Å²) in [7, 11) is 3.43. The highest BCUT2D eigenvalue weighted by Crippen LogP contribution is 2.21. The molecule has 1 rings (SSSR count). The monoisotopic (exact) mass is 195 g/mol. The molecule has 0 radical (unpaired) electrons. The van der Waals surface area contributed by atoms with Gasteiger partial charge in [-0.15, -0.1) is 0 Å². The standard InChI is InChI=1S/C8H13N5O/c1-6-7(4-5-10-12-9)8(14-3)13(2)11-6/h4-5H2,1-3H3. The molecule has 1 heterocycles. The van der Waals surface area contributed by atoms with E-state index in [1.54, 1.807) is 11.8 Å². The van der Waals surface area contributed by atoms with Crippen LogP contribution in [0.3, 0.4) is 0 Å². The van der Waals surface area contributed by atoms with Gasteiger partial charge in [0.2, 0.25) is 5.88 Å². The van der Waals surface area contributed by atoms with Gasteiger partial charge in [-0.3, -0.25) is 0 Å². The van der Waals surface area contributed by atoms with Gasteiger partial charge in [-0.1, -0.05) is 5.11 Å². The number of aromatic nitrogens is 2. The Bertz CT molecular complexity index is 364. The molecule has 0 aliphatic carbocycles. The average Bonchev–Trinajstić information content (AvgIpc) is 2.42. The molecule has 0 spiro atoms. The van der Waals surface area contributed by atoms with E-state index >= 15 is 0 Å². The molecular weight excluding hydrogens is 182 g/mol. The first-order chi connectivity index (χ1) is 6.70. The highest BCUT2D eigenvalue weighted by molar-refractivity contribution is 5.31. The lowest BCUT2D eigenvalue weighted by Gasteiger charge is -2.02. The van der Waals surface area contributed by atoms with Gasteiger partial charge >= 0.3 is 0 Å². The molecule has 0 N–H and O–H groups in total. The fourth-order valence-corrected chi connectivity index (χ4v) is 1.43. The van der Waals surface area contributed by atoms with E-state index in [2.05, 4.69) is 15.1 Å². The van der Waals surface area contributed by atoms with Crippen molar-refractivity contribution in [3.63, 3.8) is 0 Å². The van der Waals surface area contributed by atoms with E-state index in [-0.39, 0.29) is 0 Å². The summed E-state index contributed by atoms with van der Waals surface area (Å²) in [6.45, 7) is 2.34. The van der Waals surface area contributed by atoms with Crippen LogP contribution in [-0.2, 0) is 13.5 Å². The Balaban J connectivity index is 2.88. The summed E-state index contributed by atoms with van der Waals surface area (Å²) in [6.07, 6.45) is 0.660. The molecule has 0 aliphatic rings. The van der Waals surface area contributed by atoms with E-state index in [1.165, 1.54) is 0 Å². The summed E-state index contributed by atoms with van der Waals surface area (Å²) in [5.41, 5.74) is 10.1. The second-order valence-electron chi connectivity index (χ2n) is 2.90. The number of hydrogen-bond donors (Lipinski definition) is 0. The number of rotatable bonds is 4. The maximum absolute atomic E-state index is 8.15. The molecule has 0 aliphatic heterocycles. The van der Waals surface area contributed by atoms with E-state index in [1.807, 2.05) is 14.0 Å². The van der Waals surface area contributed by atoms with Crippen LogP contribution in [0.1, 0.15) is 11.3 Å². The van der Waals surface area contributed by atoms with Gasteiger partial charge in [0.1, 0.15) is 0 Å². The minimum atomic E-state index is 0.430. The molecule has 6 heteroatoms. The van der Waals surface area contributed by atoms with Gasteiger partial charge in [-0.2, -0.15) is 5.10 Å². The second-order valence-corrected chi connectivity index (χ2v) is 2.90. The van der Waals surface area contributed by atoms with E-state index in [9.17, 15) is 0 Å². The van der Waals surface area contributed by atoms with Crippen molar-refractivity contribution in [2.24, 2.45) is 12.2 Å². The molecule has 1 aromatic heterocycles. The molecule has 0 saturated carbocycles. The quantitative estimate of drug-likeness (QED) is 0.415. The van der Waals surface area contributed by atoms with Gasteiger partial charge in [-0.25, -0.2) is 4.68 Å². The Kier molecular flexibility index (Phi) is 3.36. The molecule has 6 nitrogen and oxygen atoms in total. The Morgan fingerprint density at radius 2 is 2.36 bits per heavy atom. The van der Waals surface area contributed by atoms with Crippen LogP contribution in [0.25, 0.3) is 10.4 Å². The maximum atomic E-state index is 8.15. The molecule has 0 fully saturated rings. The van der Waals surface area contributed by atoms with Crippen LogP contribution in [0, 0.1) is 6.92 Å². The topological polar surface area (TPSA) is 75.8 Å². The first-order valence-corrected chi connectivity index (χ1v) is 4.28. The normalized spacial score (nSPS) is 9.64. The molecular formula is C8H13N5O. The molecule has 14 heavy (non-hydrogen) atoms. The summed E-state index contributed by atoms with van der Waals surface area (Å²) in [6, 6.07) is 0. The van der Waals surface area contributed by atoms with Crippen LogP contribution in [0.15, 0.2) is 5.11 Å². The SMILES string of the molecule is COc1c(CCN=[N+]=[N-])c(C)nn1C. The van der Waals surface area contributed by atoms with Crippen LogP contribution >= 0.6 is 0 Å². The molecule has 0 bridgehead atoms. The predicted molar refractivity (Wildman–Crippen MR) is 52.2 cm³/mol. The minimum Gasteiger partial charge on any atom is -0.481 e. The van der Waals surface area contributed by atoms with Crippen molar-refractivity contribution in [2.75, 3.05) is 13.7 Å². The van der Waals surface area contributed by atoms with Crippen molar-refractivity contribution in [3.05, 3.63) is 21.7 Å². The van der Waals surface area contributed by atoms with Crippen molar-refractivity contribution in [1.29, 1.82) is 0 Å². The number of hydrogen-bond acceptors (Lipinski definition) is 3. The molecule has 76 valence electrons. The first-order valence-electron chi connectivity index (χ1n) is 4.28. The van der Waals surface area contributed by atoms with Crippen LogP contribution in [0.4, 0.5) is 0 Å². The van der Waals surface area contributed by atoms with E-state index in [0.717, 1.165) is 17.1 Å². The van der Waals surface area contributed by atoms with Crippen molar-refractivity contribution in [1.82, 2.24) is 9.78 Å². The molecule has 0 amide bonds. The van der Waals surface area contributed by atoms with Gasteiger partial charge in [0.25, 0.3) is 0 Å². The van der Waals surface area contributed by atoms with Crippen molar-refractivity contribution >= 4 is 0 Å². The van der Waals surface area contributed by atoms with Crippen LogP contribution in [0.5, 0.6) is 5.88 Å². The van der Waals surface area contributed by atoms with Crippen molar-refractivity contribution in [3.8, 4) is 5.88 Å². The van der Waals surface area contributed by atoms with E-state index < -0.39 is 0 Å². The smallest absolute Gasteiger partial charge is 0.214 e. The summed E-state index contributed by atoms with van der Waals surface area (Å²) < 4.78 is 6.87. The molecule has 0 atom stereocenters. The highest BCUT2D eigenvalue weighted by atomic mass is 16.5. The Hall–Kier alpha value is -1.68. The first kappa shape index (κ1) is 10.4. The largest absolute Gasteiger partial charge is 0.481 e. The van der Waals surface area contributed by atoms with Gasteiger partial charge in [0.05, 0.1) is 12.8 Å². The van der Waals surface area contributed by atoms with Gasteiger partial charge < -0.3 is 4.74 Å². The Morgan fingerprint density at radius 3 is 2.93 bits per heavy atom. The van der Waals surface area contributed by atoms with Gasteiger partial charge in [0.15, 0.2) is 0 Å². The summed E-state index contributed by atoms with van der Waals surface area (Å²) in [5.74, 6) is 0.732. The lowest BCUT2D eigenvalue weighted by molar-refractivity contribution is 0.369. The van der Waals surface area contributed by atoms with Crippen LogP contribution < -0.4 is 4.74 Å². The van der Waals surface area contributed by atoms with E-state index in [4.69, 9.17) is 10.3 Å². The number of ether oxygens (including phenoxy) is 1. The molecule has 0 unspecified atom stereocenters. The second kappa shape index (κ2) is 4.53. The zero-order valence-corrected chi connectivity index (χ0v) is 8.56. The predicted octanol–water partition coefficient (Wildman–Crippen LogP) is 1.59. The third kappa shape index (κ3) is 1.97. The molecule has 0 aromatic carbocycles. The Morgan fingerprint density at radius 1 is 1.64 bits per heavy atom. The Labute approximate surface area is 82.1 Å². The average molecular weight is 195 g/mol. The van der Waals surface area contributed by atoms with Gasteiger partial charge in [0, 0.05) is 24.1 Å². The van der Waals surface area contributed by atoms with Crippen molar-refractivity contribution in [2.45, 2.75) is 13.3 Å². The number of nitrogens with zero attached hydrogens (tertiary/aromatic N) is 5. The summed E-state index contributed by atoms with van der Waals surface area (Å²) in [4.78, 5) is 2.70. The maximum Gasteiger partial charge on any atom is 0.214 e. The third-order valence-electron chi connectivity index (χ3n) is 2.01. The minimum absolute atomic E-state index is 0.430. The fraction of sp³-hybridized carbons (Fsp3) is 0.625. The fourth-order valence-electron chi connectivity index (χ4n) is 1.43. The van der Waals surface area contributed by atoms with Crippen molar-refractivity contribution < 1.29 is 4.74 Å². The highest BCUT2D eigenvalue weighted by Gasteiger charge is 2.12. The van der Waals surface area contributed by atoms with Crippen LogP contribution in [-0.4, -0.2) is 23.4 Å². The zero-order valence-electron chi connectivity index (χ0n) is 8.56. The van der Waals surface area contributed by atoms with Gasteiger partial charge in [-0.05, 0) is 18.9 Å². The molecule has 0 saturated heterocycles. The molecule has 1 aromatic rings. The summed E-state index contributed by atoms with van der Waals surface area (Å²) in [5, 5.41) is 7.70. The summed E-state index contributed by atoms with van der Waals surface area (Å²) >= 11 is 0. The number of methoxy groups -OCH3 is 1. The lowest BCUT2D eigenvalue weighted by Crippen LogP contribution is -1.97. The van der Waals surface area contributed by atoms with Crippen LogP contribution in [0.2, 0.25) is 0 Å². The number of aryl methyl sites for hydroxylation is 2. The third-order valence-corrected chi connectivity index (χ3v) is 2.01.